The molecular formula is C15H21N3O4. The molecule has 1 aliphatic heterocycles. The lowest BCUT2D eigenvalue weighted by Gasteiger charge is -2.29. The second kappa shape index (κ2) is 6.31. The summed E-state index contributed by atoms with van der Waals surface area (Å²) in [5.41, 5.74) is 0.0351. The molecule has 0 atom stereocenters. The van der Waals surface area contributed by atoms with E-state index >= 15 is 0 Å². The molecule has 0 spiro atoms. The predicted octanol–water partition coefficient (Wildman–Crippen LogP) is 1.96. The third-order valence-electron chi connectivity index (χ3n) is 3.26. The second-order valence-corrected chi connectivity index (χ2v) is 6.20. The molecule has 0 saturated carbocycles. The van der Waals surface area contributed by atoms with E-state index in [0.717, 1.165) is 13.1 Å². The zero-order chi connectivity index (χ0) is 16.3. The zero-order valence-corrected chi connectivity index (χ0v) is 13.1. The maximum Gasteiger partial charge on any atom is 0.338 e. The average Bonchev–Trinajstić information content (AvgIpc) is 2.45. The number of rotatable bonds is 3. The van der Waals surface area contributed by atoms with E-state index in [9.17, 15) is 14.9 Å². The lowest BCUT2D eigenvalue weighted by Crippen LogP contribution is -2.43. The Morgan fingerprint density at radius 3 is 2.50 bits per heavy atom. The Kier molecular flexibility index (Phi) is 4.65. The van der Waals surface area contributed by atoms with E-state index < -0.39 is 16.5 Å². The van der Waals surface area contributed by atoms with Crippen LogP contribution >= 0.6 is 0 Å². The molecule has 7 heteroatoms. The van der Waals surface area contributed by atoms with E-state index in [-0.39, 0.29) is 11.3 Å². The first kappa shape index (κ1) is 16.2. The number of hydrogen-bond acceptors (Lipinski definition) is 6. The number of esters is 1. The Labute approximate surface area is 129 Å². The van der Waals surface area contributed by atoms with E-state index in [0.29, 0.717) is 18.8 Å². The second-order valence-electron chi connectivity index (χ2n) is 6.20. The number of nitrogens with one attached hydrogen (secondary N) is 1. The van der Waals surface area contributed by atoms with Crippen molar-refractivity contribution in [3.8, 4) is 0 Å². The molecule has 0 bridgehead atoms. The van der Waals surface area contributed by atoms with Gasteiger partial charge in [-0.2, -0.15) is 0 Å². The topological polar surface area (TPSA) is 84.7 Å². The lowest BCUT2D eigenvalue weighted by atomic mass is 10.1. The number of nitro benzene ring substituents is 1. The summed E-state index contributed by atoms with van der Waals surface area (Å²) in [6.45, 7) is 8.24. The molecule has 2 rings (SSSR count). The lowest BCUT2D eigenvalue weighted by molar-refractivity contribution is -0.384. The number of nitrogens with zero attached hydrogens (tertiary/aromatic N) is 2. The van der Waals surface area contributed by atoms with Crippen molar-refractivity contribution in [1.82, 2.24) is 5.32 Å². The molecule has 1 fully saturated rings. The minimum absolute atomic E-state index is 0.0646. The SMILES string of the molecule is CC(C)(C)OC(=O)c1ccc(N2CCNCC2)c([N+](=O)[O-])c1. The fraction of sp³-hybridized carbons (Fsp3) is 0.533. The van der Waals surface area contributed by atoms with Crippen LogP contribution in [0.15, 0.2) is 18.2 Å². The highest BCUT2D eigenvalue weighted by Gasteiger charge is 2.25. The molecule has 0 unspecified atom stereocenters. The zero-order valence-electron chi connectivity index (χ0n) is 13.1. The molecule has 0 amide bonds. The first-order valence-electron chi connectivity index (χ1n) is 7.25. The van der Waals surface area contributed by atoms with Crippen LogP contribution < -0.4 is 10.2 Å². The number of carbonyl (C=O) groups is 1. The highest BCUT2D eigenvalue weighted by Crippen LogP contribution is 2.30. The minimum atomic E-state index is -0.636. The molecule has 7 nitrogen and oxygen atoms in total. The molecule has 1 aromatic rings. The van der Waals surface area contributed by atoms with Crippen LogP contribution in [0.5, 0.6) is 0 Å². The number of anilines is 1. The van der Waals surface area contributed by atoms with Gasteiger partial charge >= 0.3 is 5.97 Å². The summed E-state index contributed by atoms with van der Waals surface area (Å²) in [6.07, 6.45) is 0. The fourth-order valence-electron chi connectivity index (χ4n) is 2.31. The molecule has 22 heavy (non-hydrogen) atoms. The monoisotopic (exact) mass is 307 g/mol. The fourth-order valence-corrected chi connectivity index (χ4v) is 2.31. The van der Waals surface area contributed by atoms with Crippen molar-refractivity contribution < 1.29 is 14.5 Å². The molecule has 1 aromatic carbocycles. The van der Waals surface area contributed by atoms with Gasteiger partial charge in [0.2, 0.25) is 0 Å². The van der Waals surface area contributed by atoms with Gasteiger partial charge in [0.15, 0.2) is 0 Å². The van der Waals surface area contributed by atoms with Gasteiger partial charge in [0.1, 0.15) is 11.3 Å². The van der Waals surface area contributed by atoms with Gasteiger partial charge in [0, 0.05) is 32.2 Å². The van der Waals surface area contributed by atoms with E-state index in [1.165, 1.54) is 6.07 Å². The maximum atomic E-state index is 12.1. The highest BCUT2D eigenvalue weighted by molar-refractivity contribution is 5.91. The summed E-state index contributed by atoms with van der Waals surface area (Å²) in [4.78, 5) is 24.9. The Balaban J connectivity index is 2.30. The van der Waals surface area contributed by atoms with Crippen LogP contribution in [0.25, 0.3) is 0 Å². The molecule has 0 aromatic heterocycles. The van der Waals surface area contributed by atoms with Crippen molar-refractivity contribution in [2.24, 2.45) is 0 Å². The van der Waals surface area contributed by atoms with E-state index in [4.69, 9.17) is 4.74 Å². The highest BCUT2D eigenvalue weighted by atomic mass is 16.6. The van der Waals surface area contributed by atoms with Crippen LogP contribution in [0.2, 0.25) is 0 Å². The van der Waals surface area contributed by atoms with E-state index in [2.05, 4.69) is 5.32 Å². The van der Waals surface area contributed by atoms with Crippen molar-refractivity contribution >= 4 is 17.3 Å². The van der Waals surface area contributed by atoms with E-state index in [1.807, 2.05) is 4.90 Å². The summed E-state index contributed by atoms with van der Waals surface area (Å²) >= 11 is 0. The molecule has 1 N–H and O–H groups in total. The number of piperazine rings is 1. The number of nitro groups is 1. The third-order valence-corrected chi connectivity index (χ3v) is 3.26. The van der Waals surface area contributed by atoms with Gasteiger partial charge in [-0.1, -0.05) is 0 Å². The van der Waals surface area contributed by atoms with Crippen molar-refractivity contribution in [3.05, 3.63) is 33.9 Å². The van der Waals surface area contributed by atoms with Crippen LogP contribution in [0.3, 0.4) is 0 Å². The van der Waals surface area contributed by atoms with Gasteiger partial charge < -0.3 is 15.0 Å². The smallest absolute Gasteiger partial charge is 0.338 e. The molecule has 0 radical (unpaired) electrons. The Hall–Kier alpha value is -2.15. The molecule has 0 aliphatic carbocycles. The number of carbonyl (C=O) groups excluding carboxylic acids is 1. The van der Waals surface area contributed by atoms with Gasteiger partial charge in [-0.3, -0.25) is 10.1 Å². The standard InChI is InChI=1S/C15H21N3O4/c1-15(2,3)22-14(19)11-4-5-12(13(10-11)18(20)21)17-8-6-16-7-9-17/h4-5,10,16H,6-9H2,1-3H3. The average molecular weight is 307 g/mol. The van der Waals surface area contributed by atoms with Gasteiger partial charge in [-0.15, -0.1) is 0 Å². The Morgan fingerprint density at radius 1 is 1.32 bits per heavy atom. The summed E-state index contributed by atoms with van der Waals surface area (Å²) < 4.78 is 5.26. The molecular weight excluding hydrogens is 286 g/mol. The molecule has 1 heterocycles. The minimum Gasteiger partial charge on any atom is -0.456 e. The molecule has 1 saturated heterocycles. The summed E-state index contributed by atoms with van der Waals surface area (Å²) in [7, 11) is 0. The number of ether oxygens (including phenoxy) is 1. The van der Waals surface area contributed by atoms with Gasteiger partial charge in [-0.25, -0.2) is 4.79 Å². The third kappa shape index (κ3) is 3.94. The van der Waals surface area contributed by atoms with Crippen LogP contribution in [0.4, 0.5) is 11.4 Å². The van der Waals surface area contributed by atoms with Crippen molar-refractivity contribution in [2.45, 2.75) is 26.4 Å². The molecule has 1 aliphatic rings. The van der Waals surface area contributed by atoms with Gasteiger partial charge in [0.25, 0.3) is 5.69 Å². The molecule has 120 valence electrons. The van der Waals surface area contributed by atoms with E-state index in [1.54, 1.807) is 32.9 Å². The van der Waals surface area contributed by atoms with Crippen LogP contribution in [0.1, 0.15) is 31.1 Å². The van der Waals surface area contributed by atoms with Gasteiger partial charge in [-0.05, 0) is 32.9 Å². The number of benzene rings is 1. The van der Waals surface area contributed by atoms with Crippen molar-refractivity contribution in [1.29, 1.82) is 0 Å². The largest absolute Gasteiger partial charge is 0.456 e. The first-order valence-corrected chi connectivity index (χ1v) is 7.25. The summed E-state index contributed by atoms with van der Waals surface area (Å²) in [5.74, 6) is -0.553. The van der Waals surface area contributed by atoms with Crippen LogP contribution in [-0.2, 0) is 4.74 Å². The van der Waals surface area contributed by atoms with Gasteiger partial charge in [0.05, 0.1) is 10.5 Å². The normalized spacial score (nSPS) is 15.5. The maximum absolute atomic E-state index is 12.1. The summed E-state index contributed by atoms with van der Waals surface area (Å²) in [5, 5.41) is 14.5. The van der Waals surface area contributed by atoms with Crippen LogP contribution in [0, 0.1) is 10.1 Å². The Bertz CT molecular complexity index is 575. The summed E-state index contributed by atoms with van der Waals surface area (Å²) in [6, 6.07) is 4.51. The number of hydrogen-bond donors (Lipinski definition) is 1. The predicted molar refractivity (Wildman–Crippen MR) is 83.3 cm³/mol. The van der Waals surface area contributed by atoms with Crippen LogP contribution in [-0.4, -0.2) is 42.7 Å². The van der Waals surface area contributed by atoms with Crippen molar-refractivity contribution in [3.63, 3.8) is 0 Å². The first-order chi connectivity index (χ1) is 10.3. The Morgan fingerprint density at radius 2 is 1.95 bits per heavy atom. The van der Waals surface area contributed by atoms with Crippen molar-refractivity contribution in [2.75, 3.05) is 31.1 Å². The quantitative estimate of drug-likeness (QED) is 0.522.